The molecule has 0 unspecified atom stereocenters. The first kappa shape index (κ1) is 14.2. The van der Waals surface area contributed by atoms with Crippen LogP contribution in [0.3, 0.4) is 0 Å². The first-order valence-electron chi connectivity index (χ1n) is 7.72. The summed E-state index contributed by atoms with van der Waals surface area (Å²) in [6.07, 6.45) is 5.57. The summed E-state index contributed by atoms with van der Waals surface area (Å²) in [7, 11) is 0. The van der Waals surface area contributed by atoms with Gasteiger partial charge < -0.3 is 5.32 Å². The number of pyridine rings is 1. The molecule has 112 valence electrons. The summed E-state index contributed by atoms with van der Waals surface area (Å²) in [5.74, 6) is -0.736. The second-order valence-electron chi connectivity index (χ2n) is 5.79. The standard InChI is InChI=1S/C17H20F2N2/c1-2-7-20-16-10-15(11-5-3-4-6-11)21-17-13(16)8-12(18)9-14(17)19/h8-11H,2-7H2,1H3,(H,20,21). The van der Waals surface area contributed by atoms with E-state index in [9.17, 15) is 8.78 Å². The molecule has 1 heterocycles. The maximum absolute atomic E-state index is 14.1. The van der Waals surface area contributed by atoms with E-state index in [0.717, 1.165) is 43.3 Å². The van der Waals surface area contributed by atoms with Crippen LogP contribution in [-0.2, 0) is 0 Å². The molecule has 1 saturated carbocycles. The van der Waals surface area contributed by atoms with Crippen LogP contribution in [0.1, 0.15) is 50.6 Å². The number of rotatable bonds is 4. The Morgan fingerprint density at radius 3 is 2.67 bits per heavy atom. The summed E-state index contributed by atoms with van der Waals surface area (Å²) in [4.78, 5) is 4.48. The third kappa shape index (κ3) is 2.85. The monoisotopic (exact) mass is 290 g/mol. The highest BCUT2D eigenvalue weighted by Crippen LogP contribution is 2.36. The maximum atomic E-state index is 14.1. The average molecular weight is 290 g/mol. The molecular weight excluding hydrogens is 270 g/mol. The Bertz CT molecular complexity index is 649. The Kier molecular flexibility index (Phi) is 4.04. The molecule has 0 atom stereocenters. The Balaban J connectivity index is 2.13. The highest BCUT2D eigenvalue weighted by molar-refractivity contribution is 5.92. The number of benzene rings is 1. The van der Waals surface area contributed by atoms with Crippen LogP contribution in [-0.4, -0.2) is 11.5 Å². The van der Waals surface area contributed by atoms with Crippen molar-refractivity contribution in [3.05, 3.63) is 35.5 Å². The second kappa shape index (κ2) is 5.96. The van der Waals surface area contributed by atoms with Gasteiger partial charge in [0, 0.05) is 35.3 Å². The molecule has 0 aliphatic heterocycles. The maximum Gasteiger partial charge on any atom is 0.152 e. The number of hydrogen-bond acceptors (Lipinski definition) is 2. The van der Waals surface area contributed by atoms with E-state index < -0.39 is 11.6 Å². The van der Waals surface area contributed by atoms with Gasteiger partial charge in [0.25, 0.3) is 0 Å². The second-order valence-corrected chi connectivity index (χ2v) is 5.79. The molecular formula is C17H20F2N2. The SMILES string of the molecule is CCCNc1cc(C2CCCC2)nc2c(F)cc(F)cc12. The van der Waals surface area contributed by atoms with Crippen LogP contribution in [0, 0.1) is 11.6 Å². The fourth-order valence-electron chi connectivity index (χ4n) is 3.11. The summed E-state index contributed by atoms with van der Waals surface area (Å²) in [6.45, 7) is 2.84. The van der Waals surface area contributed by atoms with E-state index >= 15 is 0 Å². The number of hydrogen-bond donors (Lipinski definition) is 1. The molecule has 3 rings (SSSR count). The largest absolute Gasteiger partial charge is 0.384 e. The van der Waals surface area contributed by atoms with Crippen molar-refractivity contribution in [3.8, 4) is 0 Å². The lowest BCUT2D eigenvalue weighted by Gasteiger charge is -2.15. The topological polar surface area (TPSA) is 24.9 Å². The molecule has 0 saturated heterocycles. The van der Waals surface area contributed by atoms with Gasteiger partial charge in [0.15, 0.2) is 5.82 Å². The van der Waals surface area contributed by atoms with Crippen LogP contribution in [0.2, 0.25) is 0 Å². The van der Waals surface area contributed by atoms with E-state index in [0.29, 0.717) is 11.3 Å². The Hall–Kier alpha value is -1.71. The van der Waals surface area contributed by atoms with Crippen molar-refractivity contribution in [2.24, 2.45) is 0 Å². The van der Waals surface area contributed by atoms with Crippen molar-refractivity contribution in [1.29, 1.82) is 0 Å². The minimum atomic E-state index is -0.579. The predicted octanol–water partition coefficient (Wildman–Crippen LogP) is 4.99. The Morgan fingerprint density at radius 1 is 1.19 bits per heavy atom. The molecule has 1 aliphatic carbocycles. The molecule has 4 heteroatoms. The molecule has 1 aliphatic rings. The van der Waals surface area contributed by atoms with Gasteiger partial charge >= 0.3 is 0 Å². The van der Waals surface area contributed by atoms with Crippen LogP contribution < -0.4 is 5.32 Å². The van der Waals surface area contributed by atoms with Crippen molar-refractivity contribution < 1.29 is 8.78 Å². The van der Waals surface area contributed by atoms with Crippen molar-refractivity contribution in [3.63, 3.8) is 0 Å². The van der Waals surface area contributed by atoms with Crippen molar-refractivity contribution in [2.75, 3.05) is 11.9 Å². The average Bonchev–Trinajstić information content (AvgIpc) is 2.99. The quantitative estimate of drug-likeness (QED) is 0.857. The minimum absolute atomic E-state index is 0.277. The van der Waals surface area contributed by atoms with E-state index in [-0.39, 0.29) is 5.52 Å². The number of aromatic nitrogens is 1. The molecule has 1 N–H and O–H groups in total. The molecule has 1 aromatic carbocycles. The third-order valence-electron chi connectivity index (χ3n) is 4.19. The van der Waals surface area contributed by atoms with Crippen molar-refractivity contribution >= 4 is 16.6 Å². The van der Waals surface area contributed by atoms with Crippen molar-refractivity contribution in [2.45, 2.75) is 44.9 Å². The lowest BCUT2D eigenvalue weighted by atomic mass is 10.0. The van der Waals surface area contributed by atoms with E-state index in [1.54, 1.807) is 0 Å². The van der Waals surface area contributed by atoms with E-state index in [4.69, 9.17) is 0 Å². The van der Waals surface area contributed by atoms with Gasteiger partial charge in [-0.2, -0.15) is 0 Å². The van der Waals surface area contributed by atoms with Crippen LogP contribution in [0.5, 0.6) is 0 Å². The van der Waals surface area contributed by atoms with Crippen LogP contribution in [0.15, 0.2) is 18.2 Å². The van der Waals surface area contributed by atoms with E-state index in [1.165, 1.54) is 18.9 Å². The molecule has 0 spiro atoms. The normalized spacial score (nSPS) is 15.8. The summed E-state index contributed by atoms with van der Waals surface area (Å²) in [5.41, 5.74) is 2.01. The van der Waals surface area contributed by atoms with Gasteiger partial charge in [0.2, 0.25) is 0 Å². The van der Waals surface area contributed by atoms with Gasteiger partial charge in [0.1, 0.15) is 11.3 Å². The van der Waals surface area contributed by atoms with Crippen LogP contribution >= 0.6 is 0 Å². The molecule has 0 bridgehead atoms. The van der Waals surface area contributed by atoms with Crippen LogP contribution in [0.25, 0.3) is 10.9 Å². The lowest BCUT2D eigenvalue weighted by Crippen LogP contribution is -2.05. The van der Waals surface area contributed by atoms with Crippen molar-refractivity contribution in [1.82, 2.24) is 4.98 Å². The third-order valence-corrected chi connectivity index (χ3v) is 4.19. The molecule has 0 amide bonds. The van der Waals surface area contributed by atoms with E-state index in [1.807, 2.05) is 6.07 Å². The fourth-order valence-corrected chi connectivity index (χ4v) is 3.11. The summed E-state index contributed by atoms with van der Waals surface area (Å²) in [6, 6.07) is 4.26. The Morgan fingerprint density at radius 2 is 1.95 bits per heavy atom. The highest BCUT2D eigenvalue weighted by Gasteiger charge is 2.21. The highest BCUT2D eigenvalue weighted by atomic mass is 19.1. The van der Waals surface area contributed by atoms with Gasteiger partial charge in [-0.3, -0.25) is 0 Å². The lowest BCUT2D eigenvalue weighted by molar-refractivity contribution is 0.589. The molecule has 21 heavy (non-hydrogen) atoms. The number of halogens is 2. The first-order chi connectivity index (χ1) is 10.2. The molecule has 1 fully saturated rings. The van der Waals surface area contributed by atoms with E-state index in [2.05, 4.69) is 17.2 Å². The minimum Gasteiger partial charge on any atom is -0.384 e. The number of fused-ring (bicyclic) bond motifs is 1. The zero-order valence-electron chi connectivity index (χ0n) is 12.3. The predicted molar refractivity (Wildman–Crippen MR) is 81.6 cm³/mol. The summed E-state index contributed by atoms with van der Waals surface area (Å²) in [5, 5.41) is 3.81. The molecule has 2 aromatic rings. The van der Waals surface area contributed by atoms with Gasteiger partial charge in [0.05, 0.1) is 0 Å². The van der Waals surface area contributed by atoms with Gasteiger partial charge in [-0.1, -0.05) is 19.8 Å². The number of nitrogens with one attached hydrogen (secondary N) is 1. The zero-order valence-corrected chi connectivity index (χ0v) is 12.3. The summed E-state index contributed by atoms with van der Waals surface area (Å²) >= 11 is 0. The molecule has 1 aromatic heterocycles. The van der Waals surface area contributed by atoms with Crippen LogP contribution in [0.4, 0.5) is 14.5 Å². The van der Waals surface area contributed by atoms with Gasteiger partial charge in [-0.25, -0.2) is 13.8 Å². The smallest absolute Gasteiger partial charge is 0.152 e. The number of nitrogens with zero attached hydrogens (tertiary/aromatic N) is 1. The Labute approximate surface area is 123 Å². The zero-order chi connectivity index (χ0) is 14.8. The van der Waals surface area contributed by atoms with Gasteiger partial charge in [-0.15, -0.1) is 0 Å². The summed E-state index contributed by atoms with van der Waals surface area (Å²) < 4.78 is 27.6. The van der Waals surface area contributed by atoms with Gasteiger partial charge in [-0.05, 0) is 31.4 Å². The molecule has 0 radical (unpaired) electrons. The molecule has 2 nitrogen and oxygen atoms in total. The number of anilines is 1. The first-order valence-corrected chi connectivity index (χ1v) is 7.72. The fraction of sp³-hybridized carbons (Fsp3) is 0.471.